The van der Waals surface area contributed by atoms with Crippen LogP contribution in [0.5, 0.6) is 0 Å². The zero-order chi connectivity index (χ0) is 35.7. The molecule has 4 aliphatic carbocycles. The first-order valence-electron chi connectivity index (χ1n) is 18.3. The van der Waals surface area contributed by atoms with E-state index in [-0.39, 0.29) is 54.4 Å². The van der Waals surface area contributed by atoms with Crippen LogP contribution in [0.1, 0.15) is 64.7 Å². The SMILES string of the molecule is CC12CCC3C(CCC4CC(OC5OC(CO)C(OC6OC(CO)C(O)C(O)C6O)C(O)C5O)CCC43CO)C1(O)CCC2C1=CC(=O)OC1. The third-order valence-corrected chi connectivity index (χ3v) is 14.2. The second-order valence-electron chi connectivity index (χ2n) is 16.2. The van der Waals surface area contributed by atoms with Crippen molar-refractivity contribution in [1.29, 1.82) is 0 Å². The van der Waals surface area contributed by atoms with E-state index in [9.17, 15) is 50.8 Å². The molecule has 0 aromatic rings. The molecule has 50 heavy (non-hydrogen) atoms. The predicted molar refractivity (Wildman–Crippen MR) is 168 cm³/mol. The predicted octanol–water partition coefficient (Wildman–Crippen LogP) is -1.77. The first-order valence-corrected chi connectivity index (χ1v) is 18.3. The van der Waals surface area contributed by atoms with Crippen molar-refractivity contribution in [3.8, 4) is 0 Å². The van der Waals surface area contributed by atoms with Crippen LogP contribution in [0.4, 0.5) is 0 Å². The fraction of sp³-hybridized carbons (Fsp3) is 0.914. The number of rotatable bonds is 8. The van der Waals surface area contributed by atoms with E-state index in [2.05, 4.69) is 6.92 Å². The van der Waals surface area contributed by atoms with Crippen LogP contribution in [0.25, 0.3) is 0 Å². The minimum absolute atomic E-state index is 0.00956. The summed E-state index contributed by atoms with van der Waals surface area (Å²) in [5.74, 6) is -0.0377. The molecule has 0 amide bonds. The first kappa shape index (κ1) is 37.0. The average molecular weight is 715 g/mol. The Morgan fingerprint density at radius 2 is 1.48 bits per heavy atom. The molecule has 284 valence electrons. The molecule has 0 spiro atoms. The van der Waals surface area contributed by atoms with E-state index in [1.807, 2.05) is 0 Å². The lowest BCUT2D eigenvalue weighted by atomic mass is 9.43. The number of fused-ring (bicyclic) bond motifs is 5. The van der Waals surface area contributed by atoms with E-state index in [1.165, 1.54) is 0 Å². The second kappa shape index (κ2) is 13.8. The van der Waals surface area contributed by atoms with Gasteiger partial charge in [-0.25, -0.2) is 4.79 Å². The molecule has 3 heterocycles. The molecule has 0 radical (unpaired) electrons. The van der Waals surface area contributed by atoms with Crippen molar-refractivity contribution >= 4 is 5.97 Å². The highest BCUT2D eigenvalue weighted by molar-refractivity contribution is 5.85. The van der Waals surface area contributed by atoms with Crippen molar-refractivity contribution in [3.05, 3.63) is 11.6 Å². The molecule has 2 saturated heterocycles. The van der Waals surface area contributed by atoms with Crippen LogP contribution in [0.3, 0.4) is 0 Å². The van der Waals surface area contributed by atoms with E-state index in [4.69, 9.17) is 23.7 Å². The zero-order valence-electron chi connectivity index (χ0n) is 28.4. The highest BCUT2D eigenvalue weighted by Crippen LogP contribution is 2.70. The number of aliphatic hydroxyl groups is 9. The van der Waals surface area contributed by atoms with Crippen molar-refractivity contribution in [3.63, 3.8) is 0 Å². The first-order chi connectivity index (χ1) is 23.8. The van der Waals surface area contributed by atoms with Crippen LogP contribution >= 0.6 is 0 Å². The number of esters is 1. The van der Waals surface area contributed by atoms with Crippen LogP contribution in [0.15, 0.2) is 11.6 Å². The summed E-state index contributed by atoms with van der Waals surface area (Å²) in [5, 5.41) is 96.0. The summed E-state index contributed by atoms with van der Waals surface area (Å²) in [6, 6.07) is 0. The Kier molecular flexibility index (Phi) is 10.2. The molecular weight excluding hydrogens is 660 g/mol. The Hall–Kier alpha value is -1.31. The maximum absolute atomic E-state index is 12.5. The van der Waals surface area contributed by atoms with Crippen molar-refractivity contribution < 1.29 is 74.4 Å². The summed E-state index contributed by atoms with van der Waals surface area (Å²) in [6.07, 6.45) is -7.59. The standard InChI is InChI=1S/C35H54O15/c1-33-7-5-20-21(35(33,45)9-6-19(33)16-10-24(39)46-14-16)3-2-17-11-18(4-8-34(17,20)15-38)47-31-29(44)27(42)30(23(13-37)49-31)50-32-28(43)26(41)25(40)22(12-36)48-32/h10,17-23,25-32,36-38,40-45H,2-9,11-15H2,1H3. The second-order valence-corrected chi connectivity index (χ2v) is 16.2. The Labute approximate surface area is 290 Å². The molecule has 9 N–H and O–H groups in total. The van der Waals surface area contributed by atoms with Gasteiger partial charge in [0.1, 0.15) is 55.4 Å². The van der Waals surface area contributed by atoms with Gasteiger partial charge in [-0.15, -0.1) is 0 Å². The van der Waals surface area contributed by atoms with E-state index in [0.29, 0.717) is 25.7 Å². The minimum Gasteiger partial charge on any atom is -0.458 e. The molecule has 6 fully saturated rings. The molecule has 0 aromatic carbocycles. The highest BCUT2D eigenvalue weighted by atomic mass is 16.7. The minimum atomic E-state index is -1.76. The molecule has 4 saturated carbocycles. The van der Waals surface area contributed by atoms with E-state index < -0.39 is 85.6 Å². The summed E-state index contributed by atoms with van der Waals surface area (Å²) in [5.41, 5.74) is -0.743. The Morgan fingerprint density at radius 3 is 2.16 bits per heavy atom. The average Bonchev–Trinajstić information content (AvgIpc) is 3.66. The van der Waals surface area contributed by atoms with Crippen molar-refractivity contribution in [2.45, 2.75) is 138 Å². The normalized spacial score (nSPS) is 53.6. The van der Waals surface area contributed by atoms with Crippen LogP contribution in [0.2, 0.25) is 0 Å². The van der Waals surface area contributed by atoms with Crippen LogP contribution in [-0.4, -0.2) is 151 Å². The molecule has 15 nitrogen and oxygen atoms in total. The summed E-state index contributed by atoms with van der Waals surface area (Å²) >= 11 is 0. The molecule has 7 aliphatic rings. The number of hydrogen-bond acceptors (Lipinski definition) is 15. The zero-order valence-corrected chi connectivity index (χ0v) is 28.4. The van der Waals surface area contributed by atoms with Crippen LogP contribution in [0, 0.1) is 34.5 Å². The maximum Gasteiger partial charge on any atom is 0.331 e. The fourth-order valence-electron chi connectivity index (χ4n) is 11.5. The quantitative estimate of drug-likeness (QED) is 0.0998. The van der Waals surface area contributed by atoms with Gasteiger partial charge < -0.3 is 69.6 Å². The molecule has 0 bridgehead atoms. The molecule has 18 unspecified atom stereocenters. The van der Waals surface area contributed by atoms with E-state index in [0.717, 1.165) is 37.7 Å². The lowest BCUT2D eigenvalue weighted by Gasteiger charge is -2.64. The van der Waals surface area contributed by atoms with Gasteiger partial charge >= 0.3 is 5.97 Å². The molecule has 0 aromatic heterocycles. The Morgan fingerprint density at radius 1 is 0.780 bits per heavy atom. The topological polar surface area (TPSA) is 245 Å². The van der Waals surface area contributed by atoms with Gasteiger partial charge in [-0.2, -0.15) is 0 Å². The third kappa shape index (κ3) is 5.71. The van der Waals surface area contributed by atoms with Crippen LogP contribution < -0.4 is 0 Å². The van der Waals surface area contributed by atoms with Gasteiger partial charge in [0, 0.05) is 18.1 Å². The molecular formula is C35H54O15. The maximum atomic E-state index is 12.5. The van der Waals surface area contributed by atoms with Gasteiger partial charge in [0.15, 0.2) is 12.6 Å². The monoisotopic (exact) mass is 714 g/mol. The molecule has 3 aliphatic heterocycles. The number of carbonyl (C=O) groups is 1. The fourth-order valence-corrected chi connectivity index (χ4v) is 11.5. The van der Waals surface area contributed by atoms with Gasteiger partial charge in [-0.3, -0.25) is 0 Å². The van der Waals surface area contributed by atoms with Gasteiger partial charge in [0.05, 0.1) is 24.9 Å². The highest BCUT2D eigenvalue weighted by Gasteiger charge is 2.68. The molecule has 18 atom stereocenters. The van der Waals surface area contributed by atoms with Gasteiger partial charge in [0.25, 0.3) is 0 Å². The summed E-state index contributed by atoms with van der Waals surface area (Å²) in [6.45, 7) is 1.10. The summed E-state index contributed by atoms with van der Waals surface area (Å²) in [7, 11) is 0. The lowest BCUT2D eigenvalue weighted by Crippen LogP contribution is -2.65. The number of carbonyl (C=O) groups excluding carboxylic acids is 1. The smallest absolute Gasteiger partial charge is 0.331 e. The van der Waals surface area contributed by atoms with E-state index in [1.54, 1.807) is 6.08 Å². The Balaban J connectivity index is 1.01. The van der Waals surface area contributed by atoms with Gasteiger partial charge in [-0.05, 0) is 92.4 Å². The number of cyclic esters (lactones) is 1. The number of hydrogen-bond donors (Lipinski definition) is 9. The summed E-state index contributed by atoms with van der Waals surface area (Å²) < 4.78 is 28.5. The van der Waals surface area contributed by atoms with Crippen molar-refractivity contribution in [2.75, 3.05) is 26.4 Å². The van der Waals surface area contributed by atoms with Crippen LogP contribution in [-0.2, 0) is 28.5 Å². The summed E-state index contributed by atoms with van der Waals surface area (Å²) in [4.78, 5) is 11.9. The molecule has 7 rings (SSSR count). The lowest BCUT2D eigenvalue weighted by molar-refractivity contribution is -0.364. The number of ether oxygens (including phenoxy) is 5. The third-order valence-electron chi connectivity index (χ3n) is 14.2. The van der Waals surface area contributed by atoms with Gasteiger partial charge in [0.2, 0.25) is 0 Å². The van der Waals surface area contributed by atoms with Gasteiger partial charge in [-0.1, -0.05) is 6.92 Å². The van der Waals surface area contributed by atoms with E-state index >= 15 is 0 Å². The number of aliphatic hydroxyl groups excluding tert-OH is 8. The molecule has 15 heteroatoms. The largest absolute Gasteiger partial charge is 0.458 e. The Bertz CT molecular complexity index is 1280. The van der Waals surface area contributed by atoms with Crippen molar-refractivity contribution in [1.82, 2.24) is 0 Å². The van der Waals surface area contributed by atoms with Crippen molar-refractivity contribution in [2.24, 2.45) is 34.5 Å².